The second-order valence-corrected chi connectivity index (χ2v) is 6.68. The molecular weight excluding hydrogens is 371 g/mol. The van der Waals surface area contributed by atoms with Gasteiger partial charge < -0.3 is 19.9 Å². The molecule has 0 unspecified atom stereocenters. The van der Waals surface area contributed by atoms with E-state index in [2.05, 4.69) is 4.98 Å². The van der Waals surface area contributed by atoms with Crippen LogP contribution >= 0.6 is 0 Å². The molecule has 3 heterocycles. The Kier molecular flexibility index (Phi) is 5.49. The number of carboxylic acids is 1. The van der Waals surface area contributed by atoms with Crippen molar-refractivity contribution in [3.8, 4) is 11.4 Å². The standard InChI is InChI=1S/C20H18N2O5.Na/c1-2-20(27,19(25)26)14-8-16-17-12(9-22(16)18(24)13(14)10-23)7-11-5-3-4-6-15(11)21-17;/h3-8,23,27H,2,9-10H2,1H3,(H,25,26);/t20-;/m0./s1. The number of carboxylic acid groups (broad SMARTS) is 1. The van der Waals surface area contributed by atoms with Crippen molar-refractivity contribution < 1.29 is 20.1 Å². The van der Waals surface area contributed by atoms with E-state index in [0.29, 0.717) is 11.4 Å². The largest absolute Gasteiger partial charge is 0.479 e. The fraction of sp³-hybridized carbons (Fsp3) is 0.250. The summed E-state index contributed by atoms with van der Waals surface area (Å²) in [7, 11) is 0. The van der Waals surface area contributed by atoms with Crippen LogP contribution < -0.4 is 5.56 Å². The quantitative estimate of drug-likeness (QED) is 0.453. The summed E-state index contributed by atoms with van der Waals surface area (Å²) >= 11 is 0. The predicted molar refractivity (Wildman–Crippen MR) is 104 cm³/mol. The number of aliphatic hydroxyl groups is 2. The molecule has 3 N–H and O–H groups in total. The van der Waals surface area contributed by atoms with Crippen LogP contribution in [0.2, 0.25) is 0 Å². The summed E-state index contributed by atoms with van der Waals surface area (Å²) in [6, 6.07) is 11.0. The Morgan fingerprint density at radius 2 is 2.00 bits per heavy atom. The Balaban J connectivity index is 0.00000225. The van der Waals surface area contributed by atoms with E-state index < -0.39 is 23.7 Å². The van der Waals surface area contributed by atoms with Gasteiger partial charge in [0.25, 0.3) is 5.56 Å². The first-order valence-corrected chi connectivity index (χ1v) is 8.63. The second-order valence-electron chi connectivity index (χ2n) is 6.68. The molecular formula is C20H18N2NaO5. The zero-order chi connectivity index (χ0) is 19.3. The Morgan fingerprint density at radius 3 is 2.64 bits per heavy atom. The molecule has 0 saturated heterocycles. The van der Waals surface area contributed by atoms with E-state index in [0.717, 1.165) is 16.5 Å². The predicted octanol–water partition coefficient (Wildman–Crippen LogP) is 1.22. The minimum absolute atomic E-state index is 0. The van der Waals surface area contributed by atoms with E-state index in [1.807, 2.05) is 30.3 Å². The summed E-state index contributed by atoms with van der Waals surface area (Å²) in [5.41, 5.74) is -0.341. The number of aliphatic carboxylic acids is 1. The fourth-order valence-corrected chi connectivity index (χ4v) is 3.69. The zero-order valence-corrected chi connectivity index (χ0v) is 17.6. The maximum absolute atomic E-state index is 12.9. The minimum atomic E-state index is -2.26. The summed E-state index contributed by atoms with van der Waals surface area (Å²) in [5, 5.41) is 30.9. The first-order valence-electron chi connectivity index (χ1n) is 8.63. The summed E-state index contributed by atoms with van der Waals surface area (Å²) < 4.78 is 1.46. The van der Waals surface area contributed by atoms with E-state index in [1.54, 1.807) is 0 Å². The number of aliphatic hydroxyl groups excluding tert-OH is 1. The van der Waals surface area contributed by atoms with E-state index in [4.69, 9.17) is 0 Å². The Morgan fingerprint density at radius 1 is 1.29 bits per heavy atom. The van der Waals surface area contributed by atoms with Crippen molar-refractivity contribution in [3.63, 3.8) is 0 Å². The summed E-state index contributed by atoms with van der Waals surface area (Å²) in [6.45, 7) is 1.14. The minimum Gasteiger partial charge on any atom is -0.479 e. The molecule has 0 saturated carbocycles. The number of nitrogens with zero attached hydrogens (tertiary/aromatic N) is 2. The van der Waals surface area contributed by atoms with Gasteiger partial charge >= 0.3 is 5.97 Å². The van der Waals surface area contributed by atoms with Crippen LogP contribution in [0.1, 0.15) is 30.0 Å². The van der Waals surface area contributed by atoms with Crippen LogP contribution in [0.4, 0.5) is 0 Å². The summed E-state index contributed by atoms with van der Waals surface area (Å²) in [4.78, 5) is 29.3. The van der Waals surface area contributed by atoms with Crippen LogP contribution in [0, 0.1) is 0 Å². The van der Waals surface area contributed by atoms with Crippen molar-refractivity contribution in [1.82, 2.24) is 9.55 Å². The van der Waals surface area contributed by atoms with Gasteiger partial charge in [-0.3, -0.25) is 4.79 Å². The van der Waals surface area contributed by atoms with E-state index in [9.17, 15) is 24.9 Å². The monoisotopic (exact) mass is 389 g/mol. The molecule has 0 bridgehead atoms. The van der Waals surface area contributed by atoms with Gasteiger partial charge in [-0.1, -0.05) is 25.1 Å². The Bertz CT molecular complexity index is 1160. The summed E-state index contributed by atoms with van der Waals surface area (Å²) in [5.74, 6) is -1.46. The molecule has 1 aliphatic heterocycles. The van der Waals surface area contributed by atoms with Gasteiger partial charge in [0.15, 0.2) is 5.60 Å². The van der Waals surface area contributed by atoms with Gasteiger partial charge in [-0.25, -0.2) is 9.78 Å². The third-order valence-electron chi connectivity index (χ3n) is 5.24. The normalized spacial score (nSPS) is 14.1. The first-order chi connectivity index (χ1) is 12.9. The number of pyridine rings is 2. The summed E-state index contributed by atoms with van der Waals surface area (Å²) in [6.07, 6.45) is -0.143. The van der Waals surface area contributed by atoms with Crippen molar-refractivity contribution in [2.45, 2.75) is 32.1 Å². The molecule has 3 aromatic rings. The fourth-order valence-electron chi connectivity index (χ4n) is 3.69. The molecule has 2 aromatic heterocycles. The number of para-hydroxylation sites is 1. The maximum atomic E-state index is 12.9. The number of hydrogen-bond acceptors (Lipinski definition) is 5. The van der Waals surface area contributed by atoms with E-state index >= 15 is 0 Å². The van der Waals surface area contributed by atoms with Crippen LogP contribution in [0.25, 0.3) is 22.3 Å². The molecule has 8 heteroatoms. The Hall–Kier alpha value is -2.03. The number of aromatic nitrogens is 2. The van der Waals surface area contributed by atoms with Crippen LogP contribution in [-0.4, -0.2) is 60.4 Å². The van der Waals surface area contributed by atoms with Crippen molar-refractivity contribution in [1.29, 1.82) is 0 Å². The molecule has 0 fully saturated rings. The van der Waals surface area contributed by atoms with Gasteiger partial charge in [0.05, 0.1) is 30.1 Å². The molecule has 1 aromatic carbocycles. The third kappa shape index (κ3) is 2.91. The van der Waals surface area contributed by atoms with Gasteiger partial charge in [0.2, 0.25) is 0 Å². The first kappa shape index (κ1) is 20.7. The maximum Gasteiger partial charge on any atom is 0.340 e. The van der Waals surface area contributed by atoms with Crippen LogP contribution in [0.5, 0.6) is 0 Å². The Labute approximate surface area is 182 Å². The van der Waals surface area contributed by atoms with Gasteiger partial charge in [0, 0.05) is 51.6 Å². The third-order valence-corrected chi connectivity index (χ3v) is 5.24. The molecule has 0 aliphatic carbocycles. The molecule has 7 nitrogen and oxygen atoms in total. The number of carbonyl (C=O) groups is 1. The van der Waals surface area contributed by atoms with Crippen molar-refractivity contribution in [2.24, 2.45) is 0 Å². The topological polar surface area (TPSA) is 113 Å². The van der Waals surface area contributed by atoms with Crippen LogP contribution in [0.3, 0.4) is 0 Å². The number of fused-ring (bicyclic) bond motifs is 4. The zero-order valence-electron chi connectivity index (χ0n) is 15.6. The molecule has 28 heavy (non-hydrogen) atoms. The van der Waals surface area contributed by atoms with Gasteiger partial charge in [-0.2, -0.15) is 0 Å². The smallest absolute Gasteiger partial charge is 0.340 e. The van der Waals surface area contributed by atoms with Crippen LogP contribution in [-0.2, 0) is 23.5 Å². The molecule has 0 spiro atoms. The molecule has 4 rings (SSSR count). The molecule has 0 amide bonds. The number of hydrogen-bond donors (Lipinski definition) is 3. The van der Waals surface area contributed by atoms with Gasteiger partial charge in [-0.05, 0) is 24.6 Å². The number of benzene rings is 1. The SMILES string of the molecule is CC[C@@](O)(C(=O)O)c1cc2n(c(=O)c1CO)Cc1cc3ccccc3nc1-2.[Na]. The molecule has 1 atom stereocenters. The average Bonchev–Trinajstić information content (AvgIpc) is 3.03. The van der Waals surface area contributed by atoms with Crippen molar-refractivity contribution >= 4 is 46.4 Å². The van der Waals surface area contributed by atoms with Crippen molar-refractivity contribution in [3.05, 3.63) is 63.4 Å². The molecule has 1 aliphatic rings. The van der Waals surface area contributed by atoms with E-state index in [-0.39, 0.29) is 53.6 Å². The van der Waals surface area contributed by atoms with Crippen LogP contribution in [0.15, 0.2) is 41.2 Å². The second kappa shape index (κ2) is 7.42. The van der Waals surface area contributed by atoms with Gasteiger partial charge in [0.1, 0.15) is 0 Å². The van der Waals surface area contributed by atoms with Crippen molar-refractivity contribution in [2.75, 3.05) is 0 Å². The van der Waals surface area contributed by atoms with E-state index in [1.165, 1.54) is 17.6 Å². The average molecular weight is 389 g/mol. The number of rotatable bonds is 4. The van der Waals surface area contributed by atoms with Gasteiger partial charge in [-0.15, -0.1) is 0 Å². The molecule has 1 radical (unpaired) electrons. The molecule has 139 valence electrons.